The molecule has 156 valence electrons. The van der Waals surface area contributed by atoms with Crippen LogP contribution in [0.2, 0.25) is 10.0 Å². The number of anilines is 1. The van der Waals surface area contributed by atoms with E-state index >= 15 is 0 Å². The van der Waals surface area contributed by atoms with Gasteiger partial charge in [0.05, 0.1) is 5.69 Å². The summed E-state index contributed by atoms with van der Waals surface area (Å²) in [6, 6.07) is 10.8. The molecule has 0 spiro atoms. The zero-order valence-corrected chi connectivity index (χ0v) is 17.9. The molecule has 0 atom stereocenters. The van der Waals surface area contributed by atoms with Gasteiger partial charge in [-0.3, -0.25) is 9.71 Å². The predicted molar refractivity (Wildman–Crippen MR) is 115 cm³/mol. The molecule has 3 aromatic rings. The summed E-state index contributed by atoms with van der Waals surface area (Å²) in [7, 11) is -3.98. The molecule has 0 unspecified atom stereocenters. The summed E-state index contributed by atoms with van der Waals surface area (Å²) in [4.78, 5) is 14.7. The van der Waals surface area contributed by atoms with Gasteiger partial charge in [-0.2, -0.15) is 0 Å². The smallest absolute Gasteiger partial charge is 0.341 e. The molecule has 0 fully saturated rings. The number of carbonyl (C=O) groups is 1. The molecule has 0 saturated heterocycles. The number of benzene rings is 2. The summed E-state index contributed by atoms with van der Waals surface area (Å²) in [5.74, 6) is -0.983. The summed E-state index contributed by atoms with van der Waals surface area (Å²) in [5, 5.41) is 9.58. The largest absolute Gasteiger partial charge is 0.482 e. The number of sulfonamides is 1. The first kappa shape index (κ1) is 21.9. The number of hydrogen-bond donors (Lipinski definition) is 2. The Bertz CT molecular complexity index is 1200. The van der Waals surface area contributed by atoms with Gasteiger partial charge in [0.15, 0.2) is 6.61 Å². The lowest BCUT2D eigenvalue weighted by Gasteiger charge is -2.15. The van der Waals surface area contributed by atoms with Crippen LogP contribution in [0.3, 0.4) is 0 Å². The number of pyridine rings is 1. The van der Waals surface area contributed by atoms with Crippen LogP contribution in [0, 0.1) is 6.92 Å². The Balaban J connectivity index is 2.08. The maximum atomic E-state index is 12.9. The topological polar surface area (TPSA) is 106 Å². The van der Waals surface area contributed by atoms with Crippen LogP contribution in [0.4, 0.5) is 5.69 Å². The van der Waals surface area contributed by atoms with E-state index in [0.29, 0.717) is 26.7 Å². The Morgan fingerprint density at radius 3 is 2.43 bits per heavy atom. The van der Waals surface area contributed by atoms with Crippen molar-refractivity contribution in [2.75, 3.05) is 11.3 Å². The fourth-order valence-corrected chi connectivity index (χ4v) is 4.32. The number of nitrogens with zero attached hydrogens (tertiary/aromatic N) is 1. The van der Waals surface area contributed by atoms with Crippen LogP contribution >= 0.6 is 23.2 Å². The second-order valence-electron chi connectivity index (χ2n) is 6.35. The van der Waals surface area contributed by atoms with Crippen molar-refractivity contribution in [3.63, 3.8) is 0 Å². The monoisotopic (exact) mass is 466 g/mol. The molecule has 0 aliphatic heterocycles. The van der Waals surface area contributed by atoms with Crippen molar-refractivity contribution in [1.29, 1.82) is 0 Å². The van der Waals surface area contributed by atoms with Crippen molar-refractivity contribution in [3.05, 3.63) is 70.5 Å². The summed E-state index contributed by atoms with van der Waals surface area (Å²) in [6.45, 7) is 1.15. The van der Waals surface area contributed by atoms with E-state index < -0.39 is 22.6 Å². The van der Waals surface area contributed by atoms with Gasteiger partial charge < -0.3 is 9.84 Å². The fourth-order valence-electron chi connectivity index (χ4n) is 2.68. The van der Waals surface area contributed by atoms with Crippen molar-refractivity contribution in [2.45, 2.75) is 11.8 Å². The first-order valence-electron chi connectivity index (χ1n) is 8.53. The van der Waals surface area contributed by atoms with Crippen molar-refractivity contribution in [3.8, 4) is 16.9 Å². The molecular formula is C20H16Cl2N2O5S. The summed E-state index contributed by atoms with van der Waals surface area (Å²) in [6.07, 6.45) is 2.77. The number of carboxylic acids is 1. The first-order chi connectivity index (χ1) is 14.1. The molecule has 7 nitrogen and oxygen atoms in total. The third kappa shape index (κ3) is 5.41. The fraction of sp³-hybridized carbons (Fsp3) is 0.100. The maximum absolute atomic E-state index is 12.9. The van der Waals surface area contributed by atoms with Gasteiger partial charge in [-0.05, 0) is 54.4 Å². The average molecular weight is 467 g/mol. The number of aromatic nitrogens is 1. The molecule has 2 N–H and O–H groups in total. The maximum Gasteiger partial charge on any atom is 0.341 e. The van der Waals surface area contributed by atoms with Crippen LogP contribution in [0.5, 0.6) is 5.75 Å². The highest BCUT2D eigenvalue weighted by molar-refractivity contribution is 7.92. The molecule has 0 aliphatic carbocycles. The van der Waals surface area contributed by atoms with Crippen molar-refractivity contribution in [1.82, 2.24) is 4.98 Å². The van der Waals surface area contributed by atoms with Crippen LogP contribution in [0.25, 0.3) is 11.1 Å². The van der Waals surface area contributed by atoms with E-state index in [9.17, 15) is 13.2 Å². The van der Waals surface area contributed by atoms with Gasteiger partial charge in [-0.15, -0.1) is 0 Å². The minimum atomic E-state index is -3.98. The van der Waals surface area contributed by atoms with Crippen molar-refractivity contribution in [2.24, 2.45) is 0 Å². The third-order valence-corrected chi connectivity index (χ3v) is 5.70. The Hall–Kier alpha value is -2.81. The van der Waals surface area contributed by atoms with E-state index in [1.807, 2.05) is 0 Å². The van der Waals surface area contributed by atoms with Gasteiger partial charge in [0.1, 0.15) is 10.6 Å². The minimum absolute atomic E-state index is 0.0190. The van der Waals surface area contributed by atoms with Gasteiger partial charge in [-0.1, -0.05) is 23.2 Å². The molecule has 1 aromatic heterocycles. The van der Waals surface area contributed by atoms with Gasteiger partial charge in [-0.25, -0.2) is 13.2 Å². The number of carboxylic acid groups (broad SMARTS) is 1. The lowest BCUT2D eigenvalue weighted by Crippen LogP contribution is -2.15. The van der Waals surface area contributed by atoms with Crippen molar-refractivity contribution >= 4 is 44.9 Å². The van der Waals surface area contributed by atoms with Crippen LogP contribution in [-0.4, -0.2) is 31.1 Å². The highest BCUT2D eigenvalue weighted by atomic mass is 35.5. The van der Waals surface area contributed by atoms with Crippen LogP contribution in [-0.2, 0) is 14.8 Å². The quantitative estimate of drug-likeness (QED) is 0.525. The lowest BCUT2D eigenvalue weighted by atomic mass is 10.0. The number of aliphatic carboxylic acids is 1. The standard InChI is InChI=1S/C20H16Cl2N2O5S/c1-12-4-17(10-23-9-12)30(27,28)24-19-8-16(29-11-20(25)26)2-3-18(19)13-5-14(21)7-15(22)6-13/h2-10,24H,11H2,1H3,(H,25,26). The molecule has 2 aromatic carbocycles. The Kier molecular flexibility index (Phi) is 6.50. The zero-order valence-electron chi connectivity index (χ0n) is 15.6. The van der Waals surface area contributed by atoms with E-state index in [1.54, 1.807) is 37.4 Å². The van der Waals surface area contributed by atoms with E-state index in [0.717, 1.165) is 0 Å². The average Bonchev–Trinajstić information content (AvgIpc) is 2.65. The number of halogens is 2. The summed E-state index contributed by atoms with van der Waals surface area (Å²) < 4.78 is 33.5. The molecule has 0 radical (unpaired) electrons. The van der Waals surface area contributed by atoms with Gasteiger partial charge in [0, 0.05) is 34.1 Å². The molecular weight excluding hydrogens is 451 g/mol. The number of ether oxygens (including phenoxy) is 1. The van der Waals surface area contributed by atoms with Crippen LogP contribution in [0.15, 0.2) is 59.8 Å². The molecule has 30 heavy (non-hydrogen) atoms. The van der Waals surface area contributed by atoms with Crippen molar-refractivity contribution < 1.29 is 23.1 Å². The van der Waals surface area contributed by atoms with Crippen LogP contribution in [0.1, 0.15) is 5.56 Å². The second kappa shape index (κ2) is 8.91. The SMILES string of the molecule is Cc1cncc(S(=O)(=O)Nc2cc(OCC(=O)O)ccc2-c2cc(Cl)cc(Cl)c2)c1. The van der Waals surface area contributed by atoms with E-state index in [4.69, 9.17) is 33.0 Å². The zero-order chi connectivity index (χ0) is 21.9. The molecule has 1 heterocycles. The Morgan fingerprint density at radius 1 is 1.10 bits per heavy atom. The molecule has 0 saturated carbocycles. The highest BCUT2D eigenvalue weighted by Crippen LogP contribution is 2.36. The van der Waals surface area contributed by atoms with Gasteiger partial charge >= 0.3 is 5.97 Å². The summed E-state index contributed by atoms with van der Waals surface area (Å²) >= 11 is 12.2. The minimum Gasteiger partial charge on any atom is -0.482 e. The Labute approximate surface area is 183 Å². The van der Waals surface area contributed by atoms with Gasteiger partial charge in [0.25, 0.3) is 10.0 Å². The normalized spacial score (nSPS) is 11.2. The second-order valence-corrected chi connectivity index (χ2v) is 8.91. The van der Waals surface area contributed by atoms with E-state index in [-0.39, 0.29) is 16.3 Å². The molecule has 0 aliphatic rings. The first-order valence-corrected chi connectivity index (χ1v) is 10.8. The van der Waals surface area contributed by atoms with E-state index in [1.165, 1.54) is 24.4 Å². The molecule has 0 bridgehead atoms. The third-order valence-electron chi connectivity index (χ3n) is 3.93. The van der Waals surface area contributed by atoms with Gasteiger partial charge in [0.2, 0.25) is 0 Å². The number of aryl methyl sites for hydroxylation is 1. The molecule has 0 amide bonds. The van der Waals surface area contributed by atoms with E-state index in [2.05, 4.69) is 9.71 Å². The number of rotatable bonds is 7. The molecule has 3 rings (SSSR count). The highest BCUT2D eigenvalue weighted by Gasteiger charge is 2.19. The Morgan fingerprint density at radius 2 is 1.80 bits per heavy atom. The predicted octanol–water partition coefficient (Wildman–Crippen LogP) is 4.63. The number of nitrogens with one attached hydrogen (secondary N) is 1. The summed E-state index contributed by atoms with van der Waals surface area (Å²) in [5.41, 5.74) is 1.89. The lowest BCUT2D eigenvalue weighted by molar-refractivity contribution is -0.139. The molecule has 10 heteroatoms. The van der Waals surface area contributed by atoms with Crippen LogP contribution < -0.4 is 9.46 Å². The number of hydrogen-bond acceptors (Lipinski definition) is 5.